The minimum absolute atomic E-state index is 0.0336. The minimum atomic E-state index is -0.537. The molecule has 0 spiro atoms. The number of carbonyl (C=O) groups excluding carboxylic acids is 1. The number of imidazole rings is 1. The molecular weight excluding hydrogens is 448 g/mol. The van der Waals surface area contributed by atoms with Crippen LogP contribution in [0.3, 0.4) is 0 Å². The lowest BCUT2D eigenvalue weighted by Crippen LogP contribution is -2.47. The third-order valence-corrected chi connectivity index (χ3v) is 6.49. The first-order chi connectivity index (χ1) is 15.9. The summed E-state index contributed by atoms with van der Waals surface area (Å²) in [7, 11) is 0. The number of nitrogens with two attached hydrogens (primary N) is 1. The lowest BCUT2D eigenvalue weighted by atomic mass is 10.1. The largest absolute Gasteiger partial charge is 0.340 e. The van der Waals surface area contributed by atoms with Gasteiger partial charge in [0.1, 0.15) is 29.0 Å². The predicted octanol–water partition coefficient (Wildman–Crippen LogP) is 4.69. The normalized spacial score (nSPS) is 16.4. The summed E-state index contributed by atoms with van der Waals surface area (Å²) >= 11 is 5.82. The van der Waals surface area contributed by atoms with E-state index in [0.29, 0.717) is 54.1 Å². The van der Waals surface area contributed by atoms with E-state index in [9.17, 15) is 13.6 Å². The molecule has 3 aromatic rings. The Hall–Kier alpha value is -2.97. The van der Waals surface area contributed by atoms with Gasteiger partial charge in [-0.05, 0) is 54.8 Å². The maximum Gasteiger partial charge on any atom is 0.239 e. The Kier molecular flexibility index (Phi) is 5.80. The van der Waals surface area contributed by atoms with Crippen molar-refractivity contribution in [1.29, 1.82) is 0 Å². The number of amides is 1. The molecule has 1 saturated carbocycles. The van der Waals surface area contributed by atoms with Crippen LogP contribution in [0, 0.1) is 17.6 Å². The van der Waals surface area contributed by atoms with Gasteiger partial charge in [-0.2, -0.15) is 0 Å². The van der Waals surface area contributed by atoms with E-state index in [1.807, 2.05) is 4.57 Å². The second-order valence-corrected chi connectivity index (χ2v) is 9.09. The fourth-order valence-corrected chi connectivity index (χ4v) is 4.33. The molecule has 0 bridgehead atoms. The van der Waals surface area contributed by atoms with Crippen LogP contribution in [0.5, 0.6) is 0 Å². The molecule has 5 rings (SSSR count). The zero-order valence-corrected chi connectivity index (χ0v) is 18.7. The van der Waals surface area contributed by atoms with Crippen LogP contribution in [0.25, 0.3) is 11.3 Å². The number of aromatic nitrogens is 2. The molecule has 0 radical (unpaired) electrons. The topological polar surface area (TPSA) is 76.2 Å². The van der Waals surface area contributed by atoms with Crippen molar-refractivity contribution in [2.24, 2.45) is 11.7 Å². The summed E-state index contributed by atoms with van der Waals surface area (Å²) in [5, 5.41) is 3.28. The number of anilines is 2. The number of nitrogens with zero attached hydrogens (tertiary/aromatic N) is 3. The summed E-state index contributed by atoms with van der Waals surface area (Å²) in [6.07, 6.45) is 3.01. The van der Waals surface area contributed by atoms with Crippen molar-refractivity contribution >= 4 is 29.0 Å². The molecule has 9 heteroatoms. The number of fused-ring (bicyclic) bond motifs is 1. The van der Waals surface area contributed by atoms with Gasteiger partial charge in [-0.25, -0.2) is 13.8 Å². The van der Waals surface area contributed by atoms with Crippen LogP contribution in [0.15, 0.2) is 42.5 Å². The zero-order chi connectivity index (χ0) is 23.1. The first-order valence-electron chi connectivity index (χ1n) is 11.0. The number of nitrogens with one attached hydrogen (secondary N) is 1. The van der Waals surface area contributed by atoms with Gasteiger partial charge in [-0.1, -0.05) is 24.4 Å². The molecule has 1 aromatic heterocycles. The number of benzene rings is 2. The average molecular weight is 472 g/mol. The molecule has 1 aliphatic heterocycles. The molecule has 1 amide bonds. The van der Waals surface area contributed by atoms with Crippen LogP contribution < -0.4 is 11.1 Å². The number of halogens is 3. The summed E-state index contributed by atoms with van der Waals surface area (Å²) in [5.74, 6) is 0.950. The number of hydrogen-bond acceptors (Lipinski definition) is 4. The third kappa shape index (κ3) is 4.58. The monoisotopic (exact) mass is 471 g/mol. The van der Waals surface area contributed by atoms with E-state index >= 15 is 0 Å². The van der Waals surface area contributed by atoms with Crippen molar-refractivity contribution in [3.63, 3.8) is 0 Å². The van der Waals surface area contributed by atoms with Gasteiger partial charge in [0.15, 0.2) is 0 Å². The molecule has 0 saturated heterocycles. The molecule has 2 heterocycles. The van der Waals surface area contributed by atoms with Gasteiger partial charge in [-0.15, -0.1) is 0 Å². The summed E-state index contributed by atoms with van der Waals surface area (Å²) in [5.41, 5.74) is 7.97. The van der Waals surface area contributed by atoms with Crippen LogP contribution in [0.2, 0.25) is 5.02 Å². The molecule has 1 atom stereocenters. The highest BCUT2D eigenvalue weighted by Gasteiger charge is 2.32. The van der Waals surface area contributed by atoms with E-state index in [-0.39, 0.29) is 16.7 Å². The van der Waals surface area contributed by atoms with E-state index in [4.69, 9.17) is 22.3 Å². The maximum atomic E-state index is 14.0. The fraction of sp³-hybridized carbons (Fsp3) is 0.333. The van der Waals surface area contributed by atoms with E-state index in [1.54, 1.807) is 23.1 Å². The van der Waals surface area contributed by atoms with Crippen LogP contribution >= 0.6 is 11.6 Å². The average Bonchev–Trinajstić information content (AvgIpc) is 3.55. The molecule has 2 aliphatic rings. The van der Waals surface area contributed by atoms with Crippen LogP contribution in [-0.4, -0.2) is 32.9 Å². The summed E-state index contributed by atoms with van der Waals surface area (Å²) in [6, 6.07) is 9.99. The molecule has 2 aromatic carbocycles. The van der Waals surface area contributed by atoms with Crippen molar-refractivity contribution in [3.05, 3.63) is 64.9 Å². The number of hydrogen-bond donors (Lipinski definition) is 2. The lowest BCUT2D eigenvalue weighted by Gasteiger charge is -2.30. The molecule has 172 valence electrons. The van der Waals surface area contributed by atoms with E-state index in [1.165, 1.54) is 24.3 Å². The van der Waals surface area contributed by atoms with Crippen molar-refractivity contribution in [2.45, 2.75) is 38.4 Å². The van der Waals surface area contributed by atoms with Gasteiger partial charge in [0, 0.05) is 24.3 Å². The van der Waals surface area contributed by atoms with Crippen LogP contribution in [0.1, 0.15) is 25.1 Å². The molecule has 6 nitrogen and oxygen atoms in total. The maximum absolute atomic E-state index is 14.0. The number of rotatable bonds is 6. The van der Waals surface area contributed by atoms with Crippen molar-refractivity contribution in [1.82, 2.24) is 14.5 Å². The van der Waals surface area contributed by atoms with Crippen LogP contribution in [-0.2, 0) is 17.9 Å². The van der Waals surface area contributed by atoms with Gasteiger partial charge in [0.2, 0.25) is 5.91 Å². The Bertz CT molecular complexity index is 1190. The first kappa shape index (κ1) is 21.9. The van der Waals surface area contributed by atoms with Gasteiger partial charge in [0.05, 0.1) is 17.6 Å². The zero-order valence-electron chi connectivity index (χ0n) is 17.9. The van der Waals surface area contributed by atoms with Crippen molar-refractivity contribution < 1.29 is 13.6 Å². The second-order valence-electron chi connectivity index (χ2n) is 8.68. The summed E-state index contributed by atoms with van der Waals surface area (Å²) in [4.78, 5) is 19.4. The Labute approximate surface area is 195 Å². The molecule has 33 heavy (non-hydrogen) atoms. The Morgan fingerprint density at radius 1 is 1.18 bits per heavy atom. The molecule has 1 fully saturated rings. The summed E-state index contributed by atoms with van der Waals surface area (Å²) in [6.45, 7) is 1.32. The summed E-state index contributed by atoms with van der Waals surface area (Å²) < 4.78 is 29.5. The Morgan fingerprint density at radius 2 is 1.94 bits per heavy atom. The fourth-order valence-electron chi connectivity index (χ4n) is 4.21. The first-order valence-corrected chi connectivity index (χ1v) is 11.4. The van der Waals surface area contributed by atoms with Gasteiger partial charge < -0.3 is 20.5 Å². The van der Waals surface area contributed by atoms with E-state index < -0.39 is 11.9 Å². The number of carbonyl (C=O) groups is 1. The van der Waals surface area contributed by atoms with Gasteiger partial charge in [0.25, 0.3) is 0 Å². The van der Waals surface area contributed by atoms with Crippen LogP contribution in [0.4, 0.5) is 20.3 Å². The van der Waals surface area contributed by atoms with Gasteiger partial charge >= 0.3 is 0 Å². The second kappa shape index (κ2) is 8.76. The van der Waals surface area contributed by atoms with E-state index in [2.05, 4.69) is 5.32 Å². The molecular formula is C24H24ClF2N5O. The predicted molar refractivity (Wildman–Crippen MR) is 123 cm³/mol. The standard InChI is InChI=1S/C24H24ClF2N5O/c25-18-8-7-17(12-19(18)27)29-23-22(15-3-5-16(26)6-4-15)30-21-13-31(9-10-32(21)23)24(33)20(28)11-14-1-2-14/h3-8,12,14,20,29H,1-2,9-11,13,28H2/t20-/m0/s1. The highest BCUT2D eigenvalue weighted by Crippen LogP contribution is 2.35. The van der Waals surface area contributed by atoms with Crippen molar-refractivity contribution in [2.75, 3.05) is 11.9 Å². The minimum Gasteiger partial charge on any atom is -0.340 e. The lowest BCUT2D eigenvalue weighted by molar-refractivity contribution is -0.134. The Balaban J connectivity index is 1.47. The molecule has 0 unspecified atom stereocenters. The SMILES string of the molecule is N[C@@H](CC1CC1)C(=O)N1CCn2c(nc(-c3ccc(F)cc3)c2Nc2ccc(Cl)c(F)c2)C1. The Morgan fingerprint density at radius 3 is 2.64 bits per heavy atom. The smallest absolute Gasteiger partial charge is 0.239 e. The third-order valence-electron chi connectivity index (χ3n) is 6.19. The highest BCUT2D eigenvalue weighted by atomic mass is 35.5. The van der Waals surface area contributed by atoms with Crippen molar-refractivity contribution in [3.8, 4) is 11.3 Å². The highest BCUT2D eigenvalue weighted by molar-refractivity contribution is 6.30. The molecule has 1 aliphatic carbocycles. The van der Waals surface area contributed by atoms with Gasteiger partial charge in [-0.3, -0.25) is 4.79 Å². The quantitative estimate of drug-likeness (QED) is 0.546. The van der Waals surface area contributed by atoms with E-state index in [0.717, 1.165) is 19.3 Å². The molecule has 3 N–H and O–H groups in total.